The van der Waals surface area contributed by atoms with Gasteiger partial charge in [0.05, 0.1) is 16.9 Å². The Balaban J connectivity index is 2.47. The van der Waals surface area contributed by atoms with Crippen LogP contribution in [0.4, 0.5) is 0 Å². The highest BCUT2D eigenvalue weighted by molar-refractivity contribution is 6.31. The summed E-state index contributed by atoms with van der Waals surface area (Å²) in [5, 5.41) is 0.648. The Morgan fingerprint density at radius 3 is 2.88 bits per heavy atom. The number of hydrogen-bond acceptors (Lipinski definition) is 2. The highest BCUT2D eigenvalue weighted by Gasteiger charge is 2.10. The van der Waals surface area contributed by atoms with Crippen LogP contribution in [0.3, 0.4) is 0 Å². The number of aryl methyl sites for hydroxylation is 1. The number of hydrogen-bond donors (Lipinski definition) is 0. The highest BCUT2D eigenvalue weighted by atomic mass is 35.5. The zero-order valence-electron chi connectivity index (χ0n) is 9.41. The lowest BCUT2D eigenvalue weighted by Gasteiger charge is -2.05. The van der Waals surface area contributed by atoms with Gasteiger partial charge in [-0.15, -0.1) is 11.6 Å². The molecule has 0 atom stereocenters. The number of benzene rings is 1. The number of aromatic nitrogens is 2. The number of halogens is 2. The third kappa shape index (κ3) is 2.61. The second-order valence-electron chi connectivity index (χ2n) is 3.90. The minimum absolute atomic E-state index is 0.154. The number of ketones is 1. The predicted molar refractivity (Wildman–Crippen MR) is 69.6 cm³/mol. The summed E-state index contributed by atoms with van der Waals surface area (Å²) in [6.45, 7) is 2.19. The number of alkyl halides is 1. The van der Waals surface area contributed by atoms with Crippen molar-refractivity contribution < 1.29 is 4.79 Å². The van der Waals surface area contributed by atoms with E-state index in [9.17, 15) is 4.79 Å². The fraction of sp³-hybridized carbons (Fsp3) is 0.333. The zero-order chi connectivity index (χ0) is 12.4. The molecule has 0 spiro atoms. The molecule has 17 heavy (non-hydrogen) atoms. The number of imidazole rings is 1. The molecule has 0 bridgehead atoms. The highest BCUT2D eigenvalue weighted by Crippen LogP contribution is 2.21. The molecule has 0 fully saturated rings. The molecule has 0 aliphatic carbocycles. The molecule has 2 aromatic rings. The van der Waals surface area contributed by atoms with Crippen LogP contribution in [0, 0.1) is 0 Å². The van der Waals surface area contributed by atoms with Crippen LogP contribution in [0.25, 0.3) is 11.0 Å². The number of fused-ring (bicyclic) bond motifs is 1. The number of nitrogens with zero attached hydrogens (tertiary/aromatic N) is 2. The third-order valence-electron chi connectivity index (χ3n) is 2.60. The molecule has 0 N–H and O–H groups in total. The number of rotatable bonds is 4. The van der Waals surface area contributed by atoms with Gasteiger partial charge in [-0.3, -0.25) is 4.79 Å². The van der Waals surface area contributed by atoms with Crippen LogP contribution in [0.1, 0.15) is 19.2 Å². The molecule has 0 unspecified atom stereocenters. The predicted octanol–water partition coefficient (Wildman–Crippen LogP) is 3.41. The van der Waals surface area contributed by atoms with E-state index in [1.54, 1.807) is 13.0 Å². The lowest BCUT2D eigenvalue weighted by atomic mass is 10.3. The second kappa shape index (κ2) is 5.07. The zero-order valence-corrected chi connectivity index (χ0v) is 10.9. The van der Waals surface area contributed by atoms with Gasteiger partial charge in [0.1, 0.15) is 11.6 Å². The molecule has 0 aliphatic heterocycles. The van der Waals surface area contributed by atoms with Crippen molar-refractivity contribution in [2.75, 3.05) is 0 Å². The topological polar surface area (TPSA) is 34.9 Å². The van der Waals surface area contributed by atoms with E-state index >= 15 is 0 Å². The molecule has 2 rings (SSSR count). The van der Waals surface area contributed by atoms with Gasteiger partial charge >= 0.3 is 0 Å². The summed E-state index contributed by atoms with van der Waals surface area (Å²) in [7, 11) is 0. The van der Waals surface area contributed by atoms with Gasteiger partial charge in [0.25, 0.3) is 0 Å². The van der Waals surface area contributed by atoms with Crippen LogP contribution in [0.2, 0.25) is 5.02 Å². The Bertz CT molecular complexity index is 563. The van der Waals surface area contributed by atoms with Crippen LogP contribution >= 0.6 is 23.2 Å². The maximum absolute atomic E-state index is 11.0. The second-order valence-corrected chi connectivity index (χ2v) is 4.60. The van der Waals surface area contributed by atoms with Crippen LogP contribution in [-0.2, 0) is 17.2 Å². The van der Waals surface area contributed by atoms with Gasteiger partial charge in [-0.2, -0.15) is 0 Å². The molecule has 3 nitrogen and oxygen atoms in total. The molecule has 0 aliphatic rings. The summed E-state index contributed by atoms with van der Waals surface area (Å²) in [6.07, 6.45) is 0.484. The van der Waals surface area contributed by atoms with E-state index in [2.05, 4.69) is 4.98 Å². The largest absolute Gasteiger partial charge is 0.327 e. The first-order valence-corrected chi connectivity index (χ1v) is 6.23. The average Bonchev–Trinajstić information content (AvgIpc) is 2.63. The van der Waals surface area contributed by atoms with Crippen LogP contribution in [0.5, 0.6) is 0 Å². The molecule has 0 radical (unpaired) electrons. The van der Waals surface area contributed by atoms with Crippen molar-refractivity contribution in [3.8, 4) is 0 Å². The third-order valence-corrected chi connectivity index (χ3v) is 3.07. The summed E-state index contributed by atoms with van der Waals surface area (Å²) >= 11 is 11.8. The van der Waals surface area contributed by atoms with Gasteiger partial charge in [-0.1, -0.05) is 11.6 Å². The maximum Gasteiger partial charge on any atom is 0.131 e. The first-order chi connectivity index (χ1) is 8.11. The van der Waals surface area contributed by atoms with Gasteiger partial charge < -0.3 is 4.57 Å². The van der Waals surface area contributed by atoms with Crippen molar-refractivity contribution in [1.82, 2.24) is 9.55 Å². The summed E-state index contributed by atoms with van der Waals surface area (Å²) in [5.74, 6) is 1.25. The van der Waals surface area contributed by atoms with Crippen molar-refractivity contribution in [3.05, 3.63) is 29.0 Å². The summed E-state index contributed by atoms with van der Waals surface area (Å²) < 4.78 is 1.97. The van der Waals surface area contributed by atoms with E-state index < -0.39 is 0 Å². The number of carbonyl (C=O) groups is 1. The molecule has 0 saturated carbocycles. The normalized spacial score (nSPS) is 11.0. The Morgan fingerprint density at radius 1 is 1.47 bits per heavy atom. The van der Waals surface area contributed by atoms with Crippen molar-refractivity contribution in [2.45, 2.75) is 25.8 Å². The minimum atomic E-state index is 0.154. The van der Waals surface area contributed by atoms with Crippen molar-refractivity contribution in [2.24, 2.45) is 0 Å². The van der Waals surface area contributed by atoms with E-state index in [4.69, 9.17) is 23.2 Å². The molecule has 0 saturated heterocycles. The monoisotopic (exact) mass is 270 g/mol. The Labute approximate surface area is 109 Å². The number of carbonyl (C=O) groups excluding carboxylic acids is 1. The molecule has 1 aromatic carbocycles. The Kier molecular flexibility index (Phi) is 3.69. The van der Waals surface area contributed by atoms with Crippen LogP contribution < -0.4 is 0 Å². The van der Waals surface area contributed by atoms with Gasteiger partial charge in [0, 0.05) is 18.0 Å². The average molecular weight is 271 g/mol. The quantitative estimate of drug-likeness (QED) is 0.799. The Morgan fingerprint density at radius 2 is 2.24 bits per heavy atom. The molecule has 1 aromatic heterocycles. The SMILES string of the molecule is CC(=O)CCn1c(CCl)nc2cc(Cl)ccc21. The van der Waals surface area contributed by atoms with Gasteiger partial charge in [-0.05, 0) is 25.1 Å². The molecular formula is C12H12Cl2N2O. The maximum atomic E-state index is 11.0. The molecule has 1 heterocycles. The molecule has 5 heteroatoms. The fourth-order valence-electron chi connectivity index (χ4n) is 1.77. The van der Waals surface area contributed by atoms with Crippen molar-refractivity contribution in [1.29, 1.82) is 0 Å². The first kappa shape index (κ1) is 12.4. The van der Waals surface area contributed by atoms with E-state index in [-0.39, 0.29) is 5.78 Å². The smallest absolute Gasteiger partial charge is 0.131 e. The summed E-state index contributed by atoms with van der Waals surface area (Å²) in [4.78, 5) is 15.4. The van der Waals surface area contributed by atoms with Crippen molar-refractivity contribution >= 4 is 40.0 Å². The summed E-state index contributed by atoms with van der Waals surface area (Å²) in [6, 6.07) is 5.52. The van der Waals surface area contributed by atoms with Crippen LogP contribution in [-0.4, -0.2) is 15.3 Å². The Hall–Kier alpha value is -1.06. The van der Waals surface area contributed by atoms with Gasteiger partial charge in [0.15, 0.2) is 0 Å². The molecule has 90 valence electrons. The van der Waals surface area contributed by atoms with E-state index in [0.29, 0.717) is 23.9 Å². The van der Waals surface area contributed by atoms with Gasteiger partial charge in [-0.25, -0.2) is 4.98 Å². The number of Topliss-reactive ketones (excluding diaryl/α,β-unsaturated/α-hetero) is 1. The fourth-order valence-corrected chi connectivity index (χ4v) is 2.14. The minimum Gasteiger partial charge on any atom is -0.327 e. The summed E-state index contributed by atoms with van der Waals surface area (Å²) in [5.41, 5.74) is 1.78. The van der Waals surface area contributed by atoms with E-state index in [1.807, 2.05) is 16.7 Å². The van der Waals surface area contributed by atoms with Gasteiger partial charge in [0.2, 0.25) is 0 Å². The lowest BCUT2D eigenvalue weighted by Crippen LogP contribution is -2.05. The van der Waals surface area contributed by atoms with E-state index in [1.165, 1.54) is 0 Å². The van der Waals surface area contributed by atoms with Crippen LogP contribution in [0.15, 0.2) is 18.2 Å². The van der Waals surface area contributed by atoms with E-state index in [0.717, 1.165) is 16.9 Å². The first-order valence-electron chi connectivity index (χ1n) is 5.32. The van der Waals surface area contributed by atoms with Crippen molar-refractivity contribution in [3.63, 3.8) is 0 Å². The lowest BCUT2D eigenvalue weighted by molar-refractivity contribution is -0.117. The molecule has 0 amide bonds. The molecular weight excluding hydrogens is 259 g/mol. The standard InChI is InChI=1S/C12H12Cl2N2O/c1-8(17)4-5-16-11-3-2-9(14)6-10(11)15-12(16)7-13/h2-3,6H,4-5,7H2,1H3.